The second-order valence-electron chi connectivity index (χ2n) is 7.37. The standard InChI is InChI=1S/C17H28N4O2/c1-12(2)15-11-20(14-6-7-19-10-13(14)18)8-9-21(15)16(22)23-17(3,4)5/h6-7,10,12,15H,8-9,11,18H2,1-5H3/t15-/m1/s1. The van der Waals surface area contributed by atoms with Crippen molar-refractivity contribution in [2.45, 2.75) is 46.3 Å². The molecule has 1 atom stereocenters. The van der Waals surface area contributed by atoms with E-state index in [9.17, 15) is 4.79 Å². The Labute approximate surface area is 138 Å². The van der Waals surface area contributed by atoms with E-state index < -0.39 is 5.60 Å². The highest BCUT2D eigenvalue weighted by Crippen LogP contribution is 2.27. The first kappa shape index (κ1) is 17.4. The van der Waals surface area contributed by atoms with E-state index in [1.807, 2.05) is 31.7 Å². The van der Waals surface area contributed by atoms with Crippen molar-refractivity contribution in [1.29, 1.82) is 0 Å². The van der Waals surface area contributed by atoms with Gasteiger partial charge in [-0.05, 0) is 32.8 Å². The fourth-order valence-corrected chi connectivity index (χ4v) is 2.83. The first-order valence-electron chi connectivity index (χ1n) is 8.13. The highest BCUT2D eigenvalue weighted by Gasteiger charge is 2.35. The van der Waals surface area contributed by atoms with Gasteiger partial charge in [0.1, 0.15) is 5.60 Å². The van der Waals surface area contributed by atoms with Crippen LogP contribution >= 0.6 is 0 Å². The van der Waals surface area contributed by atoms with Crippen LogP contribution in [0.2, 0.25) is 0 Å². The normalized spacial score (nSPS) is 19.1. The van der Waals surface area contributed by atoms with Crippen LogP contribution in [0.15, 0.2) is 18.5 Å². The van der Waals surface area contributed by atoms with Crippen LogP contribution in [0.25, 0.3) is 0 Å². The number of rotatable bonds is 2. The lowest BCUT2D eigenvalue weighted by atomic mass is 9.99. The lowest BCUT2D eigenvalue weighted by molar-refractivity contribution is 0.00884. The smallest absolute Gasteiger partial charge is 0.410 e. The van der Waals surface area contributed by atoms with E-state index in [0.717, 1.165) is 18.8 Å². The Hall–Kier alpha value is -1.98. The Balaban J connectivity index is 2.15. The van der Waals surface area contributed by atoms with E-state index >= 15 is 0 Å². The van der Waals surface area contributed by atoms with Gasteiger partial charge in [-0.15, -0.1) is 0 Å². The van der Waals surface area contributed by atoms with E-state index in [-0.39, 0.29) is 12.1 Å². The number of pyridine rings is 1. The maximum Gasteiger partial charge on any atom is 0.410 e. The second kappa shape index (κ2) is 6.64. The van der Waals surface area contributed by atoms with Crippen molar-refractivity contribution in [2.75, 3.05) is 30.3 Å². The molecule has 1 aromatic rings. The van der Waals surface area contributed by atoms with E-state index in [1.54, 1.807) is 12.4 Å². The molecular weight excluding hydrogens is 292 g/mol. The zero-order valence-corrected chi connectivity index (χ0v) is 14.7. The molecule has 0 bridgehead atoms. The predicted octanol–water partition coefficient (Wildman–Crippen LogP) is 2.75. The first-order chi connectivity index (χ1) is 10.7. The Morgan fingerprint density at radius 3 is 2.65 bits per heavy atom. The summed E-state index contributed by atoms with van der Waals surface area (Å²) in [4.78, 5) is 20.6. The number of amides is 1. The maximum atomic E-state index is 12.5. The molecule has 1 aliphatic heterocycles. The molecule has 2 heterocycles. The number of piperazine rings is 1. The van der Waals surface area contributed by atoms with Gasteiger partial charge in [0.15, 0.2) is 0 Å². The number of carbonyl (C=O) groups is 1. The van der Waals surface area contributed by atoms with Gasteiger partial charge in [-0.25, -0.2) is 4.79 Å². The third kappa shape index (κ3) is 4.27. The largest absolute Gasteiger partial charge is 0.444 e. The molecule has 1 fully saturated rings. The fraction of sp³-hybridized carbons (Fsp3) is 0.647. The molecule has 2 rings (SSSR count). The van der Waals surface area contributed by atoms with Crippen LogP contribution in [-0.4, -0.2) is 47.3 Å². The van der Waals surface area contributed by atoms with E-state index in [0.29, 0.717) is 18.2 Å². The van der Waals surface area contributed by atoms with Crippen LogP contribution in [-0.2, 0) is 4.74 Å². The predicted molar refractivity (Wildman–Crippen MR) is 92.4 cm³/mol. The molecule has 0 aromatic carbocycles. The molecule has 0 saturated carbocycles. The molecule has 1 aromatic heterocycles. The number of anilines is 2. The quantitative estimate of drug-likeness (QED) is 0.907. The van der Waals surface area contributed by atoms with Gasteiger partial charge in [0.25, 0.3) is 0 Å². The summed E-state index contributed by atoms with van der Waals surface area (Å²) < 4.78 is 5.56. The van der Waals surface area contributed by atoms with Crippen molar-refractivity contribution in [1.82, 2.24) is 9.88 Å². The summed E-state index contributed by atoms with van der Waals surface area (Å²) in [6.07, 6.45) is 3.18. The van der Waals surface area contributed by atoms with E-state index in [2.05, 4.69) is 23.7 Å². The summed E-state index contributed by atoms with van der Waals surface area (Å²) in [5, 5.41) is 0. The summed E-state index contributed by atoms with van der Waals surface area (Å²) in [6, 6.07) is 2.02. The third-order valence-corrected chi connectivity index (χ3v) is 3.98. The minimum absolute atomic E-state index is 0.0890. The monoisotopic (exact) mass is 320 g/mol. The topological polar surface area (TPSA) is 71.7 Å². The molecule has 0 radical (unpaired) electrons. The van der Waals surface area contributed by atoms with Gasteiger partial charge in [0.05, 0.1) is 23.6 Å². The Morgan fingerprint density at radius 2 is 2.09 bits per heavy atom. The van der Waals surface area contributed by atoms with Crippen LogP contribution in [0.3, 0.4) is 0 Å². The molecule has 2 N–H and O–H groups in total. The van der Waals surface area contributed by atoms with E-state index in [1.165, 1.54) is 0 Å². The number of ether oxygens (including phenoxy) is 1. The van der Waals surface area contributed by atoms with Crippen LogP contribution in [0.5, 0.6) is 0 Å². The van der Waals surface area contributed by atoms with Gasteiger partial charge in [-0.1, -0.05) is 13.8 Å². The molecule has 1 aliphatic rings. The number of hydrogen-bond acceptors (Lipinski definition) is 5. The summed E-state index contributed by atoms with van der Waals surface area (Å²) in [6.45, 7) is 12.0. The lowest BCUT2D eigenvalue weighted by Crippen LogP contribution is -2.58. The summed E-state index contributed by atoms with van der Waals surface area (Å²) in [5.74, 6) is 0.327. The number of hydrogen-bond donors (Lipinski definition) is 1. The van der Waals surface area contributed by atoms with Crippen molar-refractivity contribution in [3.05, 3.63) is 18.5 Å². The molecule has 1 saturated heterocycles. The maximum absolute atomic E-state index is 12.5. The van der Waals surface area contributed by atoms with Gasteiger partial charge < -0.3 is 20.3 Å². The Bertz CT molecular complexity index is 554. The van der Waals surface area contributed by atoms with Gasteiger partial charge in [0, 0.05) is 25.8 Å². The average Bonchev–Trinajstić information content (AvgIpc) is 2.45. The van der Waals surface area contributed by atoms with Crippen LogP contribution in [0.1, 0.15) is 34.6 Å². The molecular formula is C17H28N4O2. The number of nitrogens with two attached hydrogens (primary N) is 1. The van der Waals surface area contributed by atoms with Crippen molar-refractivity contribution in [3.8, 4) is 0 Å². The molecule has 0 spiro atoms. The van der Waals surface area contributed by atoms with Crippen molar-refractivity contribution in [3.63, 3.8) is 0 Å². The summed E-state index contributed by atoms with van der Waals surface area (Å²) >= 11 is 0. The third-order valence-electron chi connectivity index (χ3n) is 3.98. The highest BCUT2D eigenvalue weighted by atomic mass is 16.6. The Kier molecular flexibility index (Phi) is 5.02. The molecule has 0 unspecified atom stereocenters. The molecule has 23 heavy (non-hydrogen) atoms. The number of nitrogen functional groups attached to an aromatic ring is 1. The van der Waals surface area contributed by atoms with Gasteiger partial charge in [-0.2, -0.15) is 0 Å². The molecule has 128 valence electrons. The van der Waals surface area contributed by atoms with Gasteiger partial charge >= 0.3 is 6.09 Å². The molecule has 0 aliphatic carbocycles. The van der Waals surface area contributed by atoms with Crippen molar-refractivity contribution in [2.24, 2.45) is 5.92 Å². The fourth-order valence-electron chi connectivity index (χ4n) is 2.83. The summed E-state index contributed by atoms with van der Waals surface area (Å²) in [7, 11) is 0. The number of nitrogens with zero attached hydrogens (tertiary/aromatic N) is 3. The lowest BCUT2D eigenvalue weighted by Gasteiger charge is -2.44. The average molecular weight is 320 g/mol. The molecule has 6 heteroatoms. The van der Waals surface area contributed by atoms with Crippen LogP contribution in [0.4, 0.5) is 16.2 Å². The first-order valence-corrected chi connectivity index (χ1v) is 8.13. The highest BCUT2D eigenvalue weighted by molar-refractivity contribution is 5.70. The summed E-state index contributed by atoms with van der Waals surface area (Å²) in [5.41, 5.74) is 7.21. The van der Waals surface area contributed by atoms with Gasteiger partial charge in [-0.3, -0.25) is 4.98 Å². The van der Waals surface area contributed by atoms with Crippen molar-refractivity contribution < 1.29 is 9.53 Å². The second-order valence-corrected chi connectivity index (χ2v) is 7.37. The van der Waals surface area contributed by atoms with Crippen molar-refractivity contribution >= 4 is 17.5 Å². The van der Waals surface area contributed by atoms with E-state index in [4.69, 9.17) is 10.5 Å². The zero-order valence-electron chi connectivity index (χ0n) is 14.7. The minimum Gasteiger partial charge on any atom is -0.444 e. The zero-order chi connectivity index (χ0) is 17.2. The van der Waals surface area contributed by atoms with Crippen LogP contribution in [0, 0.1) is 5.92 Å². The van der Waals surface area contributed by atoms with Gasteiger partial charge in [0.2, 0.25) is 0 Å². The Morgan fingerprint density at radius 1 is 1.39 bits per heavy atom. The SMILES string of the molecule is CC(C)[C@H]1CN(c2ccncc2N)CCN1C(=O)OC(C)(C)C. The molecule has 6 nitrogen and oxygen atoms in total. The number of carbonyl (C=O) groups excluding carboxylic acids is 1. The van der Waals surface area contributed by atoms with Crippen LogP contribution < -0.4 is 10.6 Å². The molecule has 1 amide bonds. The number of aromatic nitrogens is 1. The minimum atomic E-state index is -0.481.